The number of halogens is 2. The molecule has 0 heterocycles. The zero-order valence-electron chi connectivity index (χ0n) is 16.4. The highest BCUT2D eigenvalue weighted by atomic mass is 35.5. The Labute approximate surface area is 191 Å². The molecule has 0 aliphatic heterocycles. The molecule has 0 fully saturated rings. The number of hydrogen-bond acceptors (Lipinski definition) is 4. The standard InChI is InChI=1S/C22H21Cl2N3O3S/c23-17-9-12-20(24)21(15-17)31(29,30)27-19-10-7-16(8-11-19)22(28)26-14-4-13-25-18-5-2-1-3-6-18/h1-3,5-12,15,25,27H,4,13-14H2,(H,26,28). The molecule has 3 N–H and O–H groups in total. The van der Waals surface area contributed by atoms with E-state index >= 15 is 0 Å². The molecule has 0 spiro atoms. The summed E-state index contributed by atoms with van der Waals surface area (Å²) in [6.45, 7) is 1.25. The Morgan fingerprint density at radius 1 is 0.839 bits per heavy atom. The van der Waals surface area contributed by atoms with Gasteiger partial charge in [-0.15, -0.1) is 0 Å². The fourth-order valence-electron chi connectivity index (χ4n) is 2.76. The minimum Gasteiger partial charge on any atom is -0.385 e. The average Bonchev–Trinajstić information content (AvgIpc) is 2.76. The van der Waals surface area contributed by atoms with Crippen LogP contribution in [0.5, 0.6) is 0 Å². The van der Waals surface area contributed by atoms with E-state index < -0.39 is 10.0 Å². The maximum absolute atomic E-state index is 12.6. The van der Waals surface area contributed by atoms with Crippen LogP contribution in [0.2, 0.25) is 10.0 Å². The molecule has 0 aromatic heterocycles. The lowest BCUT2D eigenvalue weighted by molar-refractivity contribution is 0.0953. The summed E-state index contributed by atoms with van der Waals surface area (Å²) in [5, 5.41) is 6.44. The van der Waals surface area contributed by atoms with Gasteiger partial charge in [0.25, 0.3) is 15.9 Å². The zero-order valence-corrected chi connectivity index (χ0v) is 18.8. The van der Waals surface area contributed by atoms with Crippen LogP contribution >= 0.6 is 23.2 Å². The van der Waals surface area contributed by atoms with Gasteiger partial charge in [0.2, 0.25) is 0 Å². The largest absolute Gasteiger partial charge is 0.385 e. The maximum atomic E-state index is 12.6. The molecule has 0 bridgehead atoms. The monoisotopic (exact) mass is 477 g/mol. The van der Waals surface area contributed by atoms with Gasteiger partial charge in [-0.1, -0.05) is 41.4 Å². The highest BCUT2D eigenvalue weighted by Gasteiger charge is 2.18. The highest BCUT2D eigenvalue weighted by Crippen LogP contribution is 2.27. The number of carbonyl (C=O) groups excluding carboxylic acids is 1. The molecule has 0 saturated carbocycles. The number of carbonyl (C=O) groups is 1. The van der Waals surface area contributed by atoms with Crippen LogP contribution < -0.4 is 15.4 Å². The van der Waals surface area contributed by atoms with Crippen LogP contribution in [0.25, 0.3) is 0 Å². The molecule has 0 aliphatic carbocycles. The van der Waals surface area contributed by atoms with E-state index in [1.54, 1.807) is 12.1 Å². The first kappa shape index (κ1) is 22.9. The second-order valence-electron chi connectivity index (χ2n) is 6.66. The summed E-state index contributed by atoms with van der Waals surface area (Å²) in [6, 6.07) is 20.2. The molecule has 6 nitrogen and oxygen atoms in total. The SMILES string of the molecule is O=C(NCCCNc1ccccc1)c1ccc(NS(=O)(=O)c2cc(Cl)ccc2Cl)cc1. The minimum absolute atomic E-state index is 0.0645. The van der Waals surface area contributed by atoms with Crippen LogP contribution in [0, 0.1) is 0 Å². The van der Waals surface area contributed by atoms with Gasteiger partial charge in [-0.2, -0.15) is 0 Å². The summed E-state index contributed by atoms with van der Waals surface area (Å²) in [4.78, 5) is 12.2. The van der Waals surface area contributed by atoms with Gasteiger partial charge in [0.1, 0.15) is 4.90 Å². The minimum atomic E-state index is -3.92. The molecule has 3 aromatic carbocycles. The van der Waals surface area contributed by atoms with Crippen molar-refractivity contribution in [2.75, 3.05) is 23.1 Å². The molecule has 0 aliphatic rings. The summed E-state index contributed by atoms with van der Waals surface area (Å²) in [7, 11) is -3.92. The van der Waals surface area contributed by atoms with Gasteiger partial charge in [0, 0.05) is 35.1 Å². The smallest absolute Gasteiger partial charge is 0.263 e. The van der Waals surface area contributed by atoms with Gasteiger partial charge in [0.05, 0.1) is 5.02 Å². The van der Waals surface area contributed by atoms with Crippen molar-refractivity contribution in [1.29, 1.82) is 0 Å². The Morgan fingerprint density at radius 2 is 1.55 bits per heavy atom. The number of hydrogen-bond donors (Lipinski definition) is 3. The number of benzene rings is 3. The topological polar surface area (TPSA) is 87.3 Å². The Hall–Kier alpha value is -2.74. The second-order valence-corrected chi connectivity index (χ2v) is 9.15. The molecule has 3 rings (SSSR count). The molecule has 31 heavy (non-hydrogen) atoms. The van der Waals surface area contributed by atoms with E-state index in [1.165, 1.54) is 30.3 Å². The van der Waals surface area contributed by atoms with Crippen LogP contribution in [-0.4, -0.2) is 27.4 Å². The van der Waals surface area contributed by atoms with Crippen molar-refractivity contribution >= 4 is 50.5 Å². The van der Waals surface area contributed by atoms with E-state index in [1.807, 2.05) is 30.3 Å². The Kier molecular flexibility index (Phi) is 7.79. The number of rotatable bonds is 9. The van der Waals surface area contributed by atoms with E-state index in [2.05, 4.69) is 15.4 Å². The molecule has 3 aromatic rings. The van der Waals surface area contributed by atoms with Crippen molar-refractivity contribution in [2.24, 2.45) is 0 Å². The van der Waals surface area contributed by atoms with Crippen LogP contribution in [0.3, 0.4) is 0 Å². The quantitative estimate of drug-likeness (QED) is 0.377. The van der Waals surface area contributed by atoms with Gasteiger partial charge in [-0.05, 0) is 61.0 Å². The van der Waals surface area contributed by atoms with Crippen molar-refractivity contribution in [2.45, 2.75) is 11.3 Å². The maximum Gasteiger partial charge on any atom is 0.263 e. The van der Waals surface area contributed by atoms with E-state index in [-0.39, 0.29) is 20.8 Å². The summed E-state index contributed by atoms with van der Waals surface area (Å²) in [6.07, 6.45) is 0.763. The average molecular weight is 478 g/mol. The molecule has 0 unspecified atom stereocenters. The van der Waals surface area contributed by atoms with Crippen molar-refractivity contribution in [3.05, 3.63) is 88.4 Å². The molecule has 9 heteroatoms. The van der Waals surface area contributed by atoms with E-state index in [4.69, 9.17) is 23.2 Å². The number of amides is 1. The van der Waals surface area contributed by atoms with Crippen LogP contribution in [0.1, 0.15) is 16.8 Å². The van der Waals surface area contributed by atoms with E-state index in [9.17, 15) is 13.2 Å². The van der Waals surface area contributed by atoms with Gasteiger partial charge in [-0.25, -0.2) is 8.42 Å². The lowest BCUT2D eigenvalue weighted by Gasteiger charge is -2.11. The van der Waals surface area contributed by atoms with Crippen molar-refractivity contribution < 1.29 is 13.2 Å². The lowest BCUT2D eigenvalue weighted by Crippen LogP contribution is -2.25. The van der Waals surface area contributed by atoms with E-state index in [0.29, 0.717) is 17.8 Å². The predicted octanol–water partition coefficient (Wildman–Crippen LogP) is 5.03. The highest BCUT2D eigenvalue weighted by molar-refractivity contribution is 7.92. The summed E-state index contributed by atoms with van der Waals surface area (Å²) >= 11 is 11.9. The summed E-state index contributed by atoms with van der Waals surface area (Å²) < 4.78 is 27.6. The van der Waals surface area contributed by atoms with Crippen LogP contribution in [0.4, 0.5) is 11.4 Å². The van der Waals surface area contributed by atoms with Gasteiger partial charge < -0.3 is 10.6 Å². The normalized spacial score (nSPS) is 11.0. The zero-order chi connectivity index (χ0) is 22.3. The first-order chi connectivity index (χ1) is 14.8. The summed E-state index contributed by atoms with van der Waals surface area (Å²) in [5.74, 6) is -0.230. The van der Waals surface area contributed by atoms with Crippen LogP contribution in [-0.2, 0) is 10.0 Å². The molecule has 0 atom stereocenters. The van der Waals surface area contributed by atoms with Crippen molar-refractivity contribution in [3.8, 4) is 0 Å². The molecule has 0 saturated heterocycles. The van der Waals surface area contributed by atoms with Crippen molar-refractivity contribution in [1.82, 2.24) is 5.32 Å². The molecule has 1 amide bonds. The third-order valence-electron chi connectivity index (χ3n) is 4.32. The van der Waals surface area contributed by atoms with E-state index in [0.717, 1.165) is 18.7 Å². The van der Waals surface area contributed by atoms with Gasteiger partial charge >= 0.3 is 0 Å². The molecular weight excluding hydrogens is 457 g/mol. The molecule has 162 valence electrons. The fraction of sp³-hybridized carbons (Fsp3) is 0.136. The van der Waals surface area contributed by atoms with Crippen molar-refractivity contribution in [3.63, 3.8) is 0 Å². The number of anilines is 2. The summed E-state index contributed by atoms with van der Waals surface area (Å²) in [5.41, 5.74) is 1.77. The van der Waals surface area contributed by atoms with Gasteiger partial charge in [-0.3, -0.25) is 9.52 Å². The first-order valence-electron chi connectivity index (χ1n) is 9.50. The Balaban J connectivity index is 1.51. The first-order valence-corrected chi connectivity index (χ1v) is 11.7. The number of sulfonamides is 1. The molecule has 0 radical (unpaired) electrons. The predicted molar refractivity (Wildman–Crippen MR) is 126 cm³/mol. The lowest BCUT2D eigenvalue weighted by atomic mass is 10.2. The van der Waals surface area contributed by atoms with Crippen LogP contribution in [0.15, 0.2) is 77.7 Å². The Morgan fingerprint density at radius 3 is 2.26 bits per heavy atom. The fourth-order valence-corrected chi connectivity index (χ4v) is 4.59. The third-order valence-corrected chi connectivity index (χ3v) is 6.42. The number of para-hydroxylation sites is 1. The Bertz CT molecular complexity index is 1140. The number of nitrogens with one attached hydrogen (secondary N) is 3. The second kappa shape index (κ2) is 10.5. The van der Waals surface area contributed by atoms with Gasteiger partial charge in [0.15, 0.2) is 0 Å². The third kappa shape index (κ3) is 6.62. The molecular formula is C22H21Cl2N3O3S.